The highest BCUT2D eigenvalue weighted by atomic mass is 32.1. The quantitative estimate of drug-likeness (QED) is 0.892. The average Bonchev–Trinajstić information content (AvgIpc) is 2.70. The molecule has 3 nitrogen and oxygen atoms in total. The Morgan fingerprint density at radius 3 is 2.45 bits per heavy atom. The van der Waals surface area contributed by atoms with Gasteiger partial charge in [0.1, 0.15) is 0 Å². The number of hydrogen-bond donors (Lipinski definition) is 2. The van der Waals surface area contributed by atoms with Crippen molar-refractivity contribution in [2.24, 2.45) is 16.6 Å². The van der Waals surface area contributed by atoms with E-state index >= 15 is 0 Å². The Morgan fingerprint density at radius 1 is 1.35 bits per heavy atom. The number of rotatable bonds is 4. The van der Waals surface area contributed by atoms with Gasteiger partial charge in [-0.3, -0.25) is 4.79 Å². The molecule has 112 valence electrons. The van der Waals surface area contributed by atoms with Crippen LogP contribution >= 0.6 is 11.3 Å². The number of hydrogen-bond acceptors (Lipinski definition) is 3. The molecule has 0 radical (unpaired) electrons. The first-order valence-electron chi connectivity index (χ1n) is 7.28. The smallest absolute Gasteiger partial charge is 0.249 e. The second kappa shape index (κ2) is 5.49. The molecule has 0 aromatic carbocycles. The monoisotopic (exact) mass is 294 g/mol. The lowest BCUT2D eigenvalue weighted by atomic mass is 9.63. The zero-order valence-electron chi connectivity index (χ0n) is 13.0. The summed E-state index contributed by atoms with van der Waals surface area (Å²) in [4.78, 5) is 12.3. The standard InChI is InChI=1S/C16H26N2OS/c1-15(2)6-12(7-16(3,4)10-15)18-8-13-5-11(9-20-13)14(17)19/h5,9,12,18H,6-8,10H2,1-4H3,(H2,17,19). The summed E-state index contributed by atoms with van der Waals surface area (Å²) in [7, 11) is 0. The summed E-state index contributed by atoms with van der Waals surface area (Å²) in [5, 5.41) is 5.50. The molecule has 0 bridgehead atoms. The lowest BCUT2D eigenvalue weighted by Crippen LogP contribution is -2.43. The highest BCUT2D eigenvalue weighted by molar-refractivity contribution is 7.10. The molecule has 1 aliphatic carbocycles. The van der Waals surface area contributed by atoms with E-state index in [0.29, 0.717) is 22.4 Å². The zero-order valence-corrected chi connectivity index (χ0v) is 13.8. The van der Waals surface area contributed by atoms with Crippen LogP contribution in [0.4, 0.5) is 0 Å². The molecule has 0 atom stereocenters. The maximum atomic E-state index is 11.1. The minimum atomic E-state index is -0.340. The molecule has 1 aromatic rings. The summed E-state index contributed by atoms with van der Waals surface area (Å²) >= 11 is 1.60. The Kier molecular flexibility index (Phi) is 4.26. The summed E-state index contributed by atoms with van der Waals surface area (Å²) in [5.41, 5.74) is 6.70. The van der Waals surface area contributed by atoms with Crippen LogP contribution in [0.2, 0.25) is 0 Å². The molecule has 1 amide bonds. The summed E-state index contributed by atoms with van der Waals surface area (Å²) < 4.78 is 0. The van der Waals surface area contributed by atoms with Gasteiger partial charge in [-0.1, -0.05) is 27.7 Å². The lowest BCUT2D eigenvalue weighted by molar-refractivity contribution is 0.0846. The highest BCUT2D eigenvalue weighted by Gasteiger charge is 2.38. The van der Waals surface area contributed by atoms with Gasteiger partial charge < -0.3 is 11.1 Å². The minimum Gasteiger partial charge on any atom is -0.366 e. The van der Waals surface area contributed by atoms with E-state index in [9.17, 15) is 4.79 Å². The van der Waals surface area contributed by atoms with Crippen LogP contribution < -0.4 is 11.1 Å². The second-order valence-corrected chi connectivity index (χ2v) is 8.65. The largest absolute Gasteiger partial charge is 0.366 e. The maximum Gasteiger partial charge on any atom is 0.249 e. The molecule has 4 heteroatoms. The predicted octanol–water partition coefficient (Wildman–Crippen LogP) is 3.54. The van der Waals surface area contributed by atoms with Gasteiger partial charge >= 0.3 is 0 Å². The van der Waals surface area contributed by atoms with E-state index in [1.54, 1.807) is 11.3 Å². The van der Waals surface area contributed by atoms with Crippen LogP contribution in [0.25, 0.3) is 0 Å². The topological polar surface area (TPSA) is 55.1 Å². The minimum absolute atomic E-state index is 0.340. The van der Waals surface area contributed by atoms with Crippen LogP contribution in [-0.2, 0) is 6.54 Å². The molecule has 0 spiro atoms. The van der Waals surface area contributed by atoms with Gasteiger partial charge in [-0.05, 0) is 36.2 Å². The molecule has 1 saturated carbocycles. The Bertz CT molecular complexity index is 474. The number of amides is 1. The van der Waals surface area contributed by atoms with Crippen LogP contribution in [0.1, 0.15) is 62.2 Å². The van der Waals surface area contributed by atoms with Crippen molar-refractivity contribution in [3.8, 4) is 0 Å². The van der Waals surface area contributed by atoms with Crippen molar-refractivity contribution in [1.82, 2.24) is 5.32 Å². The number of thiophene rings is 1. The number of primary amides is 1. The molecule has 1 fully saturated rings. The van der Waals surface area contributed by atoms with E-state index in [1.807, 2.05) is 11.4 Å². The highest BCUT2D eigenvalue weighted by Crippen LogP contribution is 2.45. The third-order valence-corrected chi connectivity index (χ3v) is 5.00. The van der Waals surface area contributed by atoms with E-state index in [1.165, 1.54) is 24.1 Å². The van der Waals surface area contributed by atoms with E-state index in [2.05, 4.69) is 33.0 Å². The van der Waals surface area contributed by atoms with Crippen molar-refractivity contribution in [3.05, 3.63) is 21.9 Å². The fraction of sp³-hybridized carbons (Fsp3) is 0.688. The van der Waals surface area contributed by atoms with Gasteiger partial charge in [0.2, 0.25) is 5.91 Å². The van der Waals surface area contributed by atoms with Crippen molar-refractivity contribution in [3.63, 3.8) is 0 Å². The predicted molar refractivity (Wildman–Crippen MR) is 84.9 cm³/mol. The SMILES string of the molecule is CC1(C)CC(NCc2cc(C(N)=O)cs2)CC(C)(C)C1. The van der Waals surface area contributed by atoms with Gasteiger partial charge in [-0.25, -0.2) is 0 Å². The van der Waals surface area contributed by atoms with E-state index in [0.717, 1.165) is 6.54 Å². The molecule has 20 heavy (non-hydrogen) atoms. The summed E-state index contributed by atoms with van der Waals surface area (Å²) in [6, 6.07) is 2.45. The van der Waals surface area contributed by atoms with Gasteiger partial charge in [0.15, 0.2) is 0 Å². The number of nitrogens with two attached hydrogens (primary N) is 1. The Hall–Kier alpha value is -0.870. The van der Waals surface area contributed by atoms with Crippen molar-refractivity contribution >= 4 is 17.2 Å². The van der Waals surface area contributed by atoms with Crippen molar-refractivity contribution in [2.45, 2.75) is 59.5 Å². The molecule has 2 rings (SSSR count). The molecule has 0 aliphatic heterocycles. The first-order chi connectivity index (χ1) is 9.17. The number of nitrogens with one attached hydrogen (secondary N) is 1. The number of carbonyl (C=O) groups excluding carboxylic acids is 1. The van der Waals surface area contributed by atoms with E-state index in [-0.39, 0.29) is 5.91 Å². The Balaban J connectivity index is 1.94. The summed E-state index contributed by atoms with van der Waals surface area (Å²) in [6.07, 6.45) is 3.71. The molecule has 3 N–H and O–H groups in total. The molecule has 1 aliphatic rings. The van der Waals surface area contributed by atoms with Gasteiger partial charge in [-0.15, -0.1) is 11.3 Å². The molecule has 0 unspecified atom stereocenters. The van der Waals surface area contributed by atoms with Crippen molar-refractivity contribution in [2.75, 3.05) is 0 Å². The Morgan fingerprint density at radius 2 is 1.95 bits per heavy atom. The first kappa shape index (κ1) is 15.5. The van der Waals surface area contributed by atoms with Crippen LogP contribution in [0.3, 0.4) is 0 Å². The first-order valence-corrected chi connectivity index (χ1v) is 8.15. The summed E-state index contributed by atoms with van der Waals surface area (Å²) in [5.74, 6) is -0.340. The number of carbonyl (C=O) groups is 1. The molecule has 1 heterocycles. The third-order valence-electron chi connectivity index (χ3n) is 4.06. The van der Waals surface area contributed by atoms with Gasteiger partial charge in [0, 0.05) is 22.8 Å². The second-order valence-electron chi connectivity index (χ2n) is 7.66. The van der Waals surface area contributed by atoms with Crippen molar-refractivity contribution in [1.29, 1.82) is 0 Å². The van der Waals surface area contributed by atoms with Gasteiger partial charge in [0.05, 0.1) is 5.56 Å². The van der Waals surface area contributed by atoms with Crippen molar-refractivity contribution < 1.29 is 4.79 Å². The van der Waals surface area contributed by atoms with Gasteiger partial charge in [-0.2, -0.15) is 0 Å². The normalized spacial score (nSPS) is 21.8. The molecular weight excluding hydrogens is 268 g/mol. The van der Waals surface area contributed by atoms with E-state index in [4.69, 9.17) is 5.73 Å². The summed E-state index contributed by atoms with van der Waals surface area (Å²) in [6.45, 7) is 10.3. The Labute approximate surface area is 125 Å². The van der Waals surface area contributed by atoms with E-state index < -0.39 is 0 Å². The third kappa shape index (κ3) is 4.06. The van der Waals surface area contributed by atoms with Crippen LogP contribution in [0.15, 0.2) is 11.4 Å². The average molecular weight is 294 g/mol. The lowest BCUT2D eigenvalue weighted by Gasteiger charge is -2.45. The fourth-order valence-corrected chi connectivity index (χ4v) is 4.66. The van der Waals surface area contributed by atoms with Crippen LogP contribution in [0, 0.1) is 10.8 Å². The molecular formula is C16H26N2OS. The zero-order chi connectivity index (χ0) is 15.0. The molecule has 0 saturated heterocycles. The molecule has 1 aromatic heterocycles. The van der Waals surface area contributed by atoms with Crippen LogP contribution in [-0.4, -0.2) is 11.9 Å². The maximum absolute atomic E-state index is 11.1. The van der Waals surface area contributed by atoms with Gasteiger partial charge in [0.25, 0.3) is 0 Å². The fourth-order valence-electron chi connectivity index (χ4n) is 3.84. The van der Waals surface area contributed by atoms with Crippen LogP contribution in [0.5, 0.6) is 0 Å².